The maximum atomic E-state index is 13.9. The summed E-state index contributed by atoms with van der Waals surface area (Å²) in [6, 6.07) is 3.70. The molecule has 0 radical (unpaired) electrons. The topological polar surface area (TPSA) is 84.5 Å². The zero-order chi connectivity index (χ0) is 18.4. The van der Waals surface area contributed by atoms with Gasteiger partial charge < -0.3 is 9.47 Å². The molecule has 0 bridgehead atoms. The van der Waals surface area contributed by atoms with Crippen LogP contribution in [0.3, 0.4) is 0 Å². The Morgan fingerprint density at radius 3 is 2.81 bits per heavy atom. The molecule has 2 aliphatic heterocycles. The lowest BCUT2D eigenvalue weighted by atomic mass is 9.84. The van der Waals surface area contributed by atoms with E-state index in [0.717, 1.165) is 23.7 Å². The predicted molar refractivity (Wildman–Crippen MR) is 90.9 cm³/mol. The Hall–Kier alpha value is -1.97. The predicted octanol–water partition coefficient (Wildman–Crippen LogP) is 1.81. The van der Waals surface area contributed by atoms with E-state index in [1.54, 1.807) is 0 Å². The fourth-order valence-electron chi connectivity index (χ4n) is 3.76. The molecular weight excluding hydrogens is 361 g/mol. The highest BCUT2D eigenvalue weighted by molar-refractivity contribution is 7.89. The molecule has 0 atom stereocenters. The third-order valence-corrected chi connectivity index (χ3v) is 7.11. The summed E-state index contributed by atoms with van der Waals surface area (Å²) in [7, 11) is -2.43. The maximum Gasteiger partial charge on any atom is 0.243 e. The molecule has 1 N–H and O–H groups in total. The number of nitrogens with zero attached hydrogens (tertiary/aromatic N) is 2. The Balaban J connectivity index is 1.56. The standard InChI is InChI=1S/C17H20FN3O4S/c1-24-15-3-2-13(10-14(15)18)26(22,23)21-7-5-17(6-8-21)16-12(4-9-25-17)11-19-20-16/h2-3,10-11H,4-9H2,1H3,(H,19,20). The minimum atomic E-state index is -3.77. The van der Waals surface area contributed by atoms with E-state index in [0.29, 0.717) is 32.5 Å². The van der Waals surface area contributed by atoms with Gasteiger partial charge in [-0.15, -0.1) is 0 Å². The van der Waals surface area contributed by atoms with Crippen molar-refractivity contribution in [2.75, 3.05) is 26.8 Å². The minimum absolute atomic E-state index is 0.0175. The van der Waals surface area contributed by atoms with Crippen LogP contribution in [0.25, 0.3) is 0 Å². The van der Waals surface area contributed by atoms with Crippen LogP contribution < -0.4 is 4.74 Å². The van der Waals surface area contributed by atoms with E-state index in [1.807, 2.05) is 6.20 Å². The van der Waals surface area contributed by atoms with Gasteiger partial charge in [0.1, 0.15) is 5.60 Å². The number of H-pyrrole nitrogens is 1. The Morgan fingerprint density at radius 2 is 2.12 bits per heavy atom. The van der Waals surface area contributed by atoms with Gasteiger partial charge in [-0.2, -0.15) is 9.40 Å². The summed E-state index contributed by atoms with van der Waals surface area (Å²) >= 11 is 0. The summed E-state index contributed by atoms with van der Waals surface area (Å²) in [6.07, 6.45) is 3.67. The van der Waals surface area contributed by atoms with E-state index < -0.39 is 21.4 Å². The van der Waals surface area contributed by atoms with Crippen molar-refractivity contribution in [2.45, 2.75) is 29.8 Å². The number of nitrogens with one attached hydrogen (secondary N) is 1. The first-order valence-electron chi connectivity index (χ1n) is 8.47. The molecule has 3 heterocycles. The molecule has 26 heavy (non-hydrogen) atoms. The number of piperidine rings is 1. The number of hydrogen-bond acceptors (Lipinski definition) is 5. The molecule has 1 aromatic carbocycles. The molecule has 0 unspecified atom stereocenters. The van der Waals surface area contributed by atoms with E-state index in [-0.39, 0.29) is 10.6 Å². The number of hydrogen-bond donors (Lipinski definition) is 1. The van der Waals surface area contributed by atoms with Crippen molar-refractivity contribution in [1.29, 1.82) is 0 Å². The second kappa shape index (κ2) is 6.33. The molecule has 0 saturated carbocycles. The van der Waals surface area contributed by atoms with Crippen LogP contribution in [-0.2, 0) is 26.8 Å². The largest absolute Gasteiger partial charge is 0.494 e. The molecule has 7 nitrogen and oxygen atoms in total. The second-order valence-corrected chi connectivity index (χ2v) is 8.50. The minimum Gasteiger partial charge on any atom is -0.494 e. The second-order valence-electron chi connectivity index (χ2n) is 6.56. The molecule has 2 aliphatic rings. The Kier molecular flexibility index (Phi) is 4.25. The lowest BCUT2D eigenvalue weighted by Gasteiger charge is -2.42. The molecule has 9 heteroatoms. The summed E-state index contributed by atoms with van der Waals surface area (Å²) in [5.41, 5.74) is 1.57. The number of benzene rings is 1. The van der Waals surface area contributed by atoms with Gasteiger partial charge in [0.15, 0.2) is 11.6 Å². The maximum absolute atomic E-state index is 13.9. The van der Waals surface area contributed by atoms with Crippen molar-refractivity contribution >= 4 is 10.0 Å². The fraction of sp³-hybridized carbons (Fsp3) is 0.471. The van der Waals surface area contributed by atoms with Crippen LogP contribution in [-0.4, -0.2) is 49.7 Å². The molecule has 1 fully saturated rings. The lowest BCUT2D eigenvalue weighted by Crippen LogP contribution is -2.48. The first-order chi connectivity index (χ1) is 12.5. The number of rotatable bonds is 3. The number of aromatic nitrogens is 2. The highest BCUT2D eigenvalue weighted by atomic mass is 32.2. The van der Waals surface area contributed by atoms with Gasteiger partial charge in [-0.05, 0) is 43.0 Å². The van der Waals surface area contributed by atoms with E-state index in [1.165, 1.54) is 23.5 Å². The van der Waals surface area contributed by atoms with E-state index in [2.05, 4.69) is 10.2 Å². The highest BCUT2D eigenvalue weighted by Gasteiger charge is 2.44. The SMILES string of the molecule is COc1ccc(S(=O)(=O)N2CCC3(CC2)OCCc2cn[nH]c23)cc1F. The summed E-state index contributed by atoms with van der Waals surface area (Å²) < 4.78 is 51.9. The number of aromatic amines is 1. The molecule has 2 aromatic rings. The first-order valence-corrected chi connectivity index (χ1v) is 9.91. The summed E-state index contributed by atoms with van der Waals surface area (Å²) in [4.78, 5) is -0.0708. The average molecular weight is 381 g/mol. The smallest absolute Gasteiger partial charge is 0.243 e. The number of methoxy groups -OCH3 is 1. The van der Waals surface area contributed by atoms with Gasteiger partial charge in [0.05, 0.1) is 30.5 Å². The Labute approximate surface area is 151 Å². The van der Waals surface area contributed by atoms with Gasteiger partial charge >= 0.3 is 0 Å². The van der Waals surface area contributed by atoms with Crippen LogP contribution in [0.5, 0.6) is 5.75 Å². The van der Waals surface area contributed by atoms with Crippen LogP contribution in [0.15, 0.2) is 29.3 Å². The molecule has 140 valence electrons. The average Bonchev–Trinajstić information content (AvgIpc) is 3.12. The van der Waals surface area contributed by atoms with Crippen molar-refractivity contribution in [3.63, 3.8) is 0 Å². The third-order valence-electron chi connectivity index (χ3n) is 5.21. The van der Waals surface area contributed by atoms with Crippen LogP contribution in [0, 0.1) is 5.82 Å². The van der Waals surface area contributed by atoms with Crippen molar-refractivity contribution in [3.05, 3.63) is 41.5 Å². The first kappa shape index (κ1) is 17.4. The van der Waals surface area contributed by atoms with Crippen molar-refractivity contribution in [3.8, 4) is 5.75 Å². The number of halogens is 1. The number of fused-ring (bicyclic) bond motifs is 2. The molecule has 1 spiro atoms. The molecule has 1 saturated heterocycles. The molecular formula is C17H20FN3O4S. The summed E-state index contributed by atoms with van der Waals surface area (Å²) in [6.45, 7) is 1.20. The number of ether oxygens (including phenoxy) is 2. The van der Waals surface area contributed by atoms with Crippen LogP contribution in [0.4, 0.5) is 4.39 Å². The normalized spacial score (nSPS) is 20.1. The van der Waals surface area contributed by atoms with Crippen LogP contribution >= 0.6 is 0 Å². The zero-order valence-electron chi connectivity index (χ0n) is 14.4. The molecule has 4 rings (SSSR count). The monoisotopic (exact) mass is 381 g/mol. The lowest BCUT2D eigenvalue weighted by molar-refractivity contribution is -0.0920. The van der Waals surface area contributed by atoms with Gasteiger partial charge in [-0.25, -0.2) is 12.8 Å². The molecule has 1 aromatic heterocycles. The van der Waals surface area contributed by atoms with Crippen molar-refractivity contribution < 1.29 is 22.3 Å². The van der Waals surface area contributed by atoms with Gasteiger partial charge in [0, 0.05) is 13.1 Å². The van der Waals surface area contributed by atoms with Crippen LogP contribution in [0.1, 0.15) is 24.1 Å². The Morgan fingerprint density at radius 1 is 1.35 bits per heavy atom. The summed E-state index contributed by atoms with van der Waals surface area (Å²) in [5.74, 6) is -0.677. The van der Waals surface area contributed by atoms with E-state index in [9.17, 15) is 12.8 Å². The van der Waals surface area contributed by atoms with Gasteiger partial charge in [0.2, 0.25) is 10.0 Å². The fourth-order valence-corrected chi connectivity index (χ4v) is 5.22. The zero-order valence-corrected chi connectivity index (χ0v) is 15.2. The van der Waals surface area contributed by atoms with Gasteiger partial charge in [-0.1, -0.05) is 0 Å². The van der Waals surface area contributed by atoms with Crippen molar-refractivity contribution in [2.24, 2.45) is 0 Å². The molecule has 0 aliphatic carbocycles. The van der Waals surface area contributed by atoms with E-state index in [4.69, 9.17) is 9.47 Å². The van der Waals surface area contributed by atoms with Crippen molar-refractivity contribution in [1.82, 2.24) is 14.5 Å². The van der Waals surface area contributed by atoms with Crippen LogP contribution in [0.2, 0.25) is 0 Å². The van der Waals surface area contributed by atoms with E-state index >= 15 is 0 Å². The Bertz CT molecular complexity index is 920. The van der Waals surface area contributed by atoms with Gasteiger partial charge in [0.25, 0.3) is 0 Å². The quantitative estimate of drug-likeness (QED) is 0.877. The van der Waals surface area contributed by atoms with Gasteiger partial charge in [-0.3, -0.25) is 5.10 Å². The third kappa shape index (κ3) is 2.70. The molecule has 0 amide bonds. The number of sulfonamides is 1. The highest BCUT2D eigenvalue weighted by Crippen LogP contribution is 2.41. The summed E-state index contributed by atoms with van der Waals surface area (Å²) in [5, 5.41) is 7.12.